The van der Waals surface area contributed by atoms with E-state index in [-0.39, 0.29) is 17.9 Å². The lowest BCUT2D eigenvalue weighted by Gasteiger charge is -2.41. The van der Waals surface area contributed by atoms with Crippen LogP contribution in [0.25, 0.3) is 0 Å². The van der Waals surface area contributed by atoms with Crippen molar-refractivity contribution in [1.82, 2.24) is 10.2 Å². The van der Waals surface area contributed by atoms with Crippen molar-refractivity contribution in [3.8, 4) is 0 Å². The number of carbonyl (C=O) groups excluding carboxylic acids is 1. The first-order valence-corrected chi connectivity index (χ1v) is 6.91. The van der Waals surface area contributed by atoms with E-state index >= 15 is 0 Å². The zero-order valence-electron chi connectivity index (χ0n) is 11.4. The maximum absolute atomic E-state index is 12.0. The van der Waals surface area contributed by atoms with Crippen LogP contribution in [-0.4, -0.2) is 41.6 Å². The molecule has 5 heteroatoms. The molecule has 0 aromatic heterocycles. The van der Waals surface area contributed by atoms with E-state index < -0.39 is 5.97 Å². The van der Waals surface area contributed by atoms with Gasteiger partial charge in [-0.1, -0.05) is 18.1 Å². The highest BCUT2D eigenvalue weighted by Crippen LogP contribution is 2.43. The number of hydrogen-bond acceptors (Lipinski definition) is 2. The standard InChI is InChI=1S/C14H22N2O3/c1-11-3-7-16(8-4-11)13(19)15-10-14(5-2-6-14)9-12(17)18/h3H,2,4-10H2,1H3,(H,15,19)(H,17,18). The van der Waals surface area contributed by atoms with Crippen LogP contribution >= 0.6 is 0 Å². The molecule has 19 heavy (non-hydrogen) atoms. The summed E-state index contributed by atoms with van der Waals surface area (Å²) in [6.45, 7) is 3.96. The van der Waals surface area contributed by atoms with Crippen molar-refractivity contribution in [3.63, 3.8) is 0 Å². The van der Waals surface area contributed by atoms with Crippen LogP contribution in [0.3, 0.4) is 0 Å². The minimum absolute atomic E-state index is 0.0691. The van der Waals surface area contributed by atoms with Crippen molar-refractivity contribution in [2.24, 2.45) is 5.41 Å². The summed E-state index contributed by atoms with van der Waals surface area (Å²) in [7, 11) is 0. The summed E-state index contributed by atoms with van der Waals surface area (Å²) in [5, 5.41) is 11.8. The van der Waals surface area contributed by atoms with Crippen LogP contribution in [0.1, 0.15) is 39.0 Å². The number of nitrogens with one attached hydrogen (secondary N) is 1. The molecule has 1 fully saturated rings. The summed E-state index contributed by atoms with van der Waals surface area (Å²) in [6.07, 6.45) is 6.02. The molecule has 0 aromatic rings. The Balaban J connectivity index is 1.81. The number of amides is 2. The van der Waals surface area contributed by atoms with Crippen molar-refractivity contribution in [2.75, 3.05) is 19.6 Å². The molecule has 1 saturated carbocycles. The van der Waals surface area contributed by atoms with E-state index in [1.165, 1.54) is 5.57 Å². The molecule has 1 aliphatic carbocycles. The molecule has 1 heterocycles. The number of rotatable bonds is 4. The van der Waals surface area contributed by atoms with Crippen LogP contribution < -0.4 is 5.32 Å². The Labute approximate surface area is 113 Å². The van der Waals surface area contributed by atoms with Crippen molar-refractivity contribution in [2.45, 2.75) is 39.0 Å². The fraction of sp³-hybridized carbons (Fsp3) is 0.714. The highest BCUT2D eigenvalue weighted by atomic mass is 16.4. The minimum Gasteiger partial charge on any atom is -0.481 e. The third-order valence-corrected chi connectivity index (χ3v) is 4.28. The van der Waals surface area contributed by atoms with Gasteiger partial charge in [0.25, 0.3) is 0 Å². The first-order valence-electron chi connectivity index (χ1n) is 6.91. The van der Waals surface area contributed by atoms with Gasteiger partial charge in [-0.15, -0.1) is 0 Å². The van der Waals surface area contributed by atoms with Gasteiger partial charge in [0.15, 0.2) is 0 Å². The van der Waals surface area contributed by atoms with Gasteiger partial charge in [-0.3, -0.25) is 4.79 Å². The second-order valence-electron chi connectivity index (χ2n) is 5.83. The largest absolute Gasteiger partial charge is 0.481 e. The molecule has 0 radical (unpaired) electrons. The van der Waals surface area contributed by atoms with Gasteiger partial charge >= 0.3 is 12.0 Å². The van der Waals surface area contributed by atoms with Crippen molar-refractivity contribution < 1.29 is 14.7 Å². The van der Waals surface area contributed by atoms with E-state index in [1.807, 2.05) is 0 Å². The number of aliphatic carboxylic acids is 1. The van der Waals surface area contributed by atoms with Crippen LogP contribution in [0.15, 0.2) is 11.6 Å². The van der Waals surface area contributed by atoms with E-state index in [1.54, 1.807) is 4.90 Å². The van der Waals surface area contributed by atoms with Crippen LogP contribution in [-0.2, 0) is 4.79 Å². The van der Waals surface area contributed by atoms with Gasteiger partial charge in [-0.25, -0.2) is 4.79 Å². The maximum Gasteiger partial charge on any atom is 0.317 e. The van der Waals surface area contributed by atoms with E-state index in [0.717, 1.165) is 32.2 Å². The predicted molar refractivity (Wildman–Crippen MR) is 71.9 cm³/mol. The molecule has 2 amide bonds. The topological polar surface area (TPSA) is 69.6 Å². The molecule has 106 valence electrons. The van der Waals surface area contributed by atoms with E-state index in [4.69, 9.17) is 5.11 Å². The molecule has 0 spiro atoms. The van der Waals surface area contributed by atoms with Gasteiger partial charge in [-0.05, 0) is 31.6 Å². The third kappa shape index (κ3) is 3.49. The maximum atomic E-state index is 12.0. The summed E-state index contributed by atoms with van der Waals surface area (Å²) in [6, 6.07) is -0.0691. The quantitative estimate of drug-likeness (QED) is 0.765. The van der Waals surface area contributed by atoms with Gasteiger partial charge < -0.3 is 15.3 Å². The molecule has 0 atom stereocenters. The lowest BCUT2D eigenvalue weighted by molar-refractivity contribution is -0.141. The molecular weight excluding hydrogens is 244 g/mol. The second kappa shape index (κ2) is 5.63. The SMILES string of the molecule is CC1=CCN(C(=O)NCC2(CC(=O)O)CCC2)CC1. The van der Waals surface area contributed by atoms with Crippen LogP contribution in [0.5, 0.6) is 0 Å². The molecule has 2 aliphatic rings. The normalized spacial score (nSPS) is 21.3. The third-order valence-electron chi connectivity index (χ3n) is 4.28. The molecule has 0 bridgehead atoms. The Morgan fingerprint density at radius 2 is 2.21 bits per heavy atom. The summed E-state index contributed by atoms with van der Waals surface area (Å²) in [4.78, 5) is 24.7. The van der Waals surface area contributed by atoms with Gasteiger partial charge in [0.2, 0.25) is 0 Å². The Morgan fingerprint density at radius 3 is 2.68 bits per heavy atom. The van der Waals surface area contributed by atoms with Gasteiger partial charge in [0.1, 0.15) is 0 Å². The summed E-state index contributed by atoms with van der Waals surface area (Å²) in [5.41, 5.74) is 1.12. The zero-order valence-corrected chi connectivity index (χ0v) is 11.4. The number of carboxylic acids is 1. The van der Waals surface area contributed by atoms with Crippen molar-refractivity contribution in [1.29, 1.82) is 0 Å². The van der Waals surface area contributed by atoms with E-state index in [2.05, 4.69) is 18.3 Å². The second-order valence-corrected chi connectivity index (χ2v) is 5.83. The molecule has 1 aliphatic heterocycles. The average Bonchev–Trinajstić information content (AvgIpc) is 2.32. The highest BCUT2D eigenvalue weighted by Gasteiger charge is 2.39. The Morgan fingerprint density at radius 1 is 1.47 bits per heavy atom. The lowest BCUT2D eigenvalue weighted by atomic mass is 9.66. The van der Waals surface area contributed by atoms with Crippen molar-refractivity contribution in [3.05, 3.63) is 11.6 Å². The molecule has 5 nitrogen and oxygen atoms in total. The fourth-order valence-corrected chi connectivity index (χ4v) is 2.74. The summed E-state index contributed by atoms with van der Waals surface area (Å²) < 4.78 is 0. The smallest absolute Gasteiger partial charge is 0.317 e. The van der Waals surface area contributed by atoms with Crippen LogP contribution in [0.2, 0.25) is 0 Å². The van der Waals surface area contributed by atoms with Crippen molar-refractivity contribution >= 4 is 12.0 Å². The number of carbonyl (C=O) groups is 2. The number of carboxylic acid groups (broad SMARTS) is 1. The molecule has 2 rings (SSSR count). The first-order chi connectivity index (χ1) is 9.01. The first kappa shape index (κ1) is 13.9. The predicted octanol–water partition coefficient (Wildman–Crippen LogP) is 1.99. The Hall–Kier alpha value is -1.52. The minimum atomic E-state index is -0.773. The Kier molecular flexibility index (Phi) is 4.12. The summed E-state index contributed by atoms with van der Waals surface area (Å²) in [5.74, 6) is -0.773. The zero-order chi connectivity index (χ0) is 13.9. The molecule has 0 aromatic carbocycles. The molecule has 0 saturated heterocycles. The lowest BCUT2D eigenvalue weighted by Crippen LogP contribution is -2.48. The molecule has 2 N–H and O–H groups in total. The fourth-order valence-electron chi connectivity index (χ4n) is 2.74. The average molecular weight is 266 g/mol. The van der Waals surface area contributed by atoms with E-state index in [0.29, 0.717) is 13.1 Å². The van der Waals surface area contributed by atoms with Gasteiger partial charge in [0, 0.05) is 19.6 Å². The molecule has 0 unspecified atom stereocenters. The van der Waals surface area contributed by atoms with E-state index in [9.17, 15) is 9.59 Å². The van der Waals surface area contributed by atoms with Crippen LogP contribution in [0.4, 0.5) is 4.79 Å². The molecular formula is C14H22N2O3. The monoisotopic (exact) mass is 266 g/mol. The number of urea groups is 1. The highest BCUT2D eigenvalue weighted by molar-refractivity contribution is 5.75. The van der Waals surface area contributed by atoms with Gasteiger partial charge in [-0.2, -0.15) is 0 Å². The Bertz CT molecular complexity index is 399. The van der Waals surface area contributed by atoms with Crippen LogP contribution in [0, 0.1) is 5.41 Å². The summed E-state index contributed by atoms with van der Waals surface area (Å²) >= 11 is 0. The number of hydrogen-bond donors (Lipinski definition) is 2. The number of nitrogens with zero attached hydrogens (tertiary/aromatic N) is 1. The van der Waals surface area contributed by atoms with Gasteiger partial charge in [0.05, 0.1) is 6.42 Å².